The average molecular weight is 388 g/mol. The summed E-state index contributed by atoms with van der Waals surface area (Å²) >= 11 is 1.41. The minimum Gasteiger partial charge on any atom is -0.337 e. The van der Waals surface area contributed by atoms with Gasteiger partial charge in [0.1, 0.15) is 0 Å². The highest BCUT2D eigenvalue weighted by Gasteiger charge is 2.28. The van der Waals surface area contributed by atoms with Gasteiger partial charge in [0.25, 0.3) is 0 Å². The van der Waals surface area contributed by atoms with E-state index in [0.717, 1.165) is 24.1 Å². The Morgan fingerprint density at radius 1 is 1.26 bits per heavy atom. The Kier molecular flexibility index (Phi) is 6.52. The van der Waals surface area contributed by atoms with E-state index in [2.05, 4.69) is 47.3 Å². The molecule has 1 fully saturated rings. The van der Waals surface area contributed by atoms with Crippen molar-refractivity contribution in [1.82, 2.24) is 25.1 Å². The summed E-state index contributed by atoms with van der Waals surface area (Å²) in [5.41, 5.74) is 3.27. The third kappa shape index (κ3) is 4.69. The Morgan fingerprint density at radius 2 is 2.00 bits per heavy atom. The summed E-state index contributed by atoms with van der Waals surface area (Å²) in [7, 11) is 0. The molecule has 27 heavy (non-hydrogen) atoms. The van der Waals surface area contributed by atoms with Crippen molar-refractivity contribution < 1.29 is 4.79 Å². The standard InChI is InChI=1S/C20H29N5OS/c1-14(2)24(17-8-6-5-7-9-17)19(26)13-27-20-21-22-23-25(20)18-11-10-15(3)12-16(18)4/h10-12,14,17H,5-9,13H2,1-4H3. The molecule has 6 nitrogen and oxygen atoms in total. The van der Waals surface area contributed by atoms with E-state index in [4.69, 9.17) is 0 Å². The molecule has 1 aromatic carbocycles. The SMILES string of the molecule is Cc1ccc(-n2nnnc2SCC(=O)N(C(C)C)C2CCCCC2)c(C)c1. The van der Waals surface area contributed by atoms with Crippen LogP contribution in [-0.4, -0.2) is 48.9 Å². The van der Waals surface area contributed by atoms with Crippen molar-refractivity contribution in [1.29, 1.82) is 0 Å². The van der Waals surface area contributed by atoms with Crippen LogP contribution in [0.5, 0.6) is 0 Å². The summed E-state index contributed by atoms with van der Waals surface area (Å²) in [5.74, 6) is 0.539. The van der Waals surface area contributed by atoms with Gasteiger partial charge in [-0.3, -0.25) is 4.79 Å². The van der Waals surface area contributed by atoms with Gasteiger partial charge in [-0.1, -0.05) is 48.7 Å². The lowest BCUT2D eigenvalue weighted by Crippen LogP contribution is -2.46. The first kappa shape index (κ1) is 19.9. The van der Waals surface area contributed by atoms with Crippen molar-refractivity contribution >= 4 is 17.7 Å². The number of rotatable bonds is 6. The van der Waals surface area contributed by atoms with Gasteiger partial charge in [0, 0.05) is 12.1 Å². The number of carbonyl (C=O) groups is 1. The number of hydrogen-bond acceptors (Lipinski definition) is 5. The van der Waals surface area contributed by atoms with Gasteiger partial charge in [0.15, 0.2) is 0 Å². The van der Waals surface area contributed by atoms with E-state index < -0.39 is 0 Å². The number of aryl methyl sites for hydroxylation is 2. The number of amides is 1. The number of hydrogen-bond donors (Lipinski definition) is 0. The molecule has 1 aliphatic rings. The number of tetrazole rings is 1. The summed E-state index contributed by atoms with van der Waals surface area (Å²) in [6.07, 6.45) is 5.97. The van der Waals surface area contributed by atoms with Crippen molar-refractivity contribution in [3.05, 3.63) is 29.3 Å². The van der Waals surface area contributed by atoms with E-state index >= 15 is 0 Å². The Hall–Kier alpha value is -1.89. The van der Waals surface area contributed by atoms with Gasteiger partial charge < -0.3 is 4.90 Å². The summed E-state index contributed by atoms with van der Waals surface area (Å²) in [4.78, 5) is 15.0. The number of aromatic nitrogens is 4. The zero-order chi connectivity index (χ0) is 19.4. The molecule has 0 aliphatic heterocycles. The number of nitrogens with zero attached hydrogens (tertiary/aromatic N) is 5. The fraction of sp³-hybridized carbons (Fsp3) is 0.600. The summed E-state index contributed by atoms with van der Waals surface area (Å²) in [5, 5.41) is 12.8. The summed E-state index contributed by atoms with van der Waals surface area (Å²) in [6.45, 7) is 8.33. The molecule has 0 unspecified atom stereocenters. The van der Waals surface area contributed by atoms with E-state index in [1.165, 1.54) is 36.6 Å². The second-order valence-corrected chi connectivity index (χ2v) is 8.58. The molecule has 0 saturated heterocycles. The minimum absolute atomic E-state index is 0.178. The van der Waals surface area contributed by atoms with E-state index in [0.29, 0.717) is 17.0 Å². The van der Waals surface area contributed by atoms with Crippen molar-refractivity contribution in [3.8, 4) is 5.69 Å². The fourth-order valence-electron chi connectivity index (χ4n) is 3.94. The van der Waals surface area contributed by atoms with Crippen LogP contribution in [0.2, 0.25) is 0 Å². The van der Waals surface area contributed by atoms with Crippen molar-refractivity contribution in [2.45, 2.75) is 77.0 Å². The maximum atomic E-state index is 13.0. The predicted octanol–water partition coefficient (Wildman–Crippen LogP) is 3.94. The van der Waals surface area contributed by atoms with Crippen LogP contribution >= 0.6 is 11.8 Å². The average Bonchev–Trinajstić information content (AvgIpc) is 3.09. The van der Waals surface area contributed by atoms with Crippen LogP contribution < -0.4 is 0 Å². The maximum absolute atomic E-state index is 13.0. The third-order valence-electron chi connectivity index (χ3n) is 5.16. The molecule has 3 rings (SSSR count). The van der Waals surface area contributed by atoms with Crippen LogP contribution in [0.3, 0.4) is 0 Å². The number of carbonyl (C=O) groups excluding carboxylic acids is 1. The van der Waals surface area contributed by atoms with Crippen LogP contribution in [0.25, 0.3) is 5.69 Å². The van der Waals surface area contributed by atoms with Crippen LogP contribution in [0, 0.1) is 13.8 Å². The Morgan fingerprint density at radius 3 is 2.67 bits per heavy atom. The fourth-order valence-corrected chi connectivity index (χ4v) is 4.69. The van der Waals surface area contributed by atoms with Crippen molar-refractivity contribution in [2.24, 2.45) is 0 Å². The second kappa shape index (κ2) is 8.87. The maximum Gasteiger partial charge on any atom is 0.233 e. The molecule has 1 aliphatic carbocycles. The Bertz CT molecular complexity index is 782. The molecule has 146 valence electrons. The van der Waals surface area contributed by atoms with Crippen LogP contribution in [0.15, 0.2) is 23.4 Å². The molecule has 1 amide bonds. The molecule has 0 radical (unpaired) electrons. The molecular weight excluding hydrogens is 358 g/mol. The smallest absolute Gasteiger partial charge is 0.233 e. The highest BCUT2D eigenvalue weighted by Crippen LogP contribution is 2.26. The van der Waals surface area contributed by atoms with Crippen molar-refractivity contribution in [3.63, 3.8) is 0 Å². The second-order valence-electron chi connectivity index (χ2n) is 7.64. The first-order chi connectivity index (χ1) is 13.0. The lowest BCUT2D eigenvalue weighted by molar-refractivity contribution is -0.133. The zero-order valence-electron chi connectivity index (χ0n) is 16.7. The highest BCUT2D eigenvalue weighted by molar-refractivity contribution is 7.99. The van der Waals surface area contributed by atoms with Gasteiger partial charge in [0.05, 0.1) is 11.4 Å². The summed E-state index contributed by atoms with van der Waals surface area (Å²) in [6, 6.07) is 6.78. The van der Waals surface area contributed by atoms with Gasteiger partial charge in [0.2, 0.25) is 11.1 Å². The van der Waals surface area contributed by atoms with Crippen molar-refractivity contribution in [2.75, 3.05) is 5.75 Å². The van der Waals surface area contributed by atoms with Gasteiger partial charge in [-0.15, -0.1) is 5.10 Å². The van der Waals surface area contributed by atoms with Crippen LogP contribution in [0.4, 0.5) is 0 Å². The number of thioether (sulfide) groups is 1. The lowest BCUT2D eigenvalue weighted by Gasteiger charge is -2.37. The first-order valence-electron chi connectivity index (χ1n) is 9.77. The largest absolute Gasteiger partial charge is 0.337 e. The lowest BCUT2D eigenvalue weighted by atomic mass is 9.93. The van der Waals surface area contributed by atoms with Gasteiger partial charge in [-0.2, -0.15) is 4.68 Å². The number of benzene rings is 1. The summed E-state index contributed by atoms with van der Waals surface area (Å²) < 4.78 is 1.73. The molecule has 1 heterocycles. The third-order valence-corrected chi connectivity index (χ3v) is 6.06. The Labute approximate surface area is 165 Å². The van der Waals surface area contributed by atoms with E-state index in [1.54, 1.807) is 4.68 Å². The molecule has 1 saturated carbocycles. The van der Waals surface area contributed by atoms with E-state index in [1.807, 2.05) is 19.1 Å². The monoisotopic (exact) mass is 387 g/mol. The topological polar surface area (TPSA) is 63.9 Å². The molecular formula is C20H29N5OS. The molecule has 0 N–H and O–H groups in total. The van der Waals surface area contributed by atoms with Gasteiger partial charge in [-0.25, -0.2) is 0 Å². The van der Waals surface area contributed by atoms with Crippen LogP contribution in [-0.2, 0) is 4.79 Å². The zero-order valence-corrected chi connectivity index (χ0v) is 17.5. The predicted molar refractivity (Wildman–Crippen MR) is 108 cm³/mol. The normalized spacial score (nSPS) is 15.3. The minimum atomic E-state index is 0.178. The molecule has 0 bridgehead atoms. The van der Waals surface area contributed by atoms with E-state index in [9.17, 15) is 4.79 Å². The molecule has 1 aromatic heterocycles. The molecule has 0 spiro atoms. The highest BCUT2D eigenvalue weighted by atomic mass is 32.2. The van der Waals surface area contributed by atoms with Gasteiger partial charge >= 0.3 is 0 Å². The quantitative estimate of drug-likeness (QED) is 0.703. The molecule has 7 heteroatoms. The van der Waals surface area contributed by atoms with Crippen LogP contribution in [0.1, 0.15) is 57.1 Å². The Balaban J connectivity index is 1.71. The molecule has 2 aromatic rings. The molecule has 0 atom stereocenters. The first-order valence-corrected chi connectivity index (χ1v) is 10.8. The van der Waals surface area contributed by atoms with E-state index in [-0.39, 0.29) is 11.9 Å². The van der Waals surface area contributed by atoms with Gasteiger partial charge in [-0.05, 0) is 62.6 Å².